The van der Waals surface area contributed by atoms with Crippen LogP contribution in [0, 0.1) is 0 Å². The van der Waals surface area contributed by atoms with Gasteiger partial charge in [-0.25, -0.2) is 4.79 Å². The average Bonchev–Trinajstić information content (AvgIpc) is 2.16. The molecule has 0 amide bonds. The molecule has 1 saturated heterocycles. The fourth-order valence-corrected chi connectivity index (χ4v) is 1.23. The summed E-state index contributed by atoms with van der Waals surface area (Å²) in [5, 5.41) is 26.9. The molecule has 3 unspecified atom stereocenters. The summed E-state index contributed by atoms with van der Waals surface area (Å²) in [6.07, 6.45) is -3.68. The highest BCUT2D eigenvalue weighted by Gasteiger charge is 2.37. The first-order valence-electron chi connectivity index (χ1n) is 4.76. The summed E-state index contributed by atoms with van der Waals surface area (Å²) >= 11 is 0. The lowest BCUT2D eigenvalue weighted by Crippen LogP contribution is -2.49. The zero-order chi connectivity index (χ0) is 11.3. The van der Waals surface area contributed by atoms with Crippen molar-refractivity contribution in [2.75, 3.05) is 0 Å². The van der Waals surface area contributed by atoms with Crippen LogP contribution in [0.25, 0.3) is 0 Å². The van der Waals surface area contributed by atoms with Crippen LogP contribution in [0.3, 0.4) is 0 Å². The van der Waals surface area contributed by atoms with E-state index >= 15 is 0 Å². The molecule has 3 N–H and O–H groups in total. The van der Waals surface area contributed by atoms with E-state index in [2.05, 4.69) is 0 Å². The molecule has 4 atom stereocenters. The Morgan fingerprint density at radius 1 is 1.36 bits per heavy atom. The minimum absolute atomic E-state index is 0.0547. The standard InChI is InChI=1S/C7H12O5.C2H6/c1-3-6(9)4(8)2-5(12-3)7(10)11;1-2/h3-6,8-9H,2H2,1H3,(H,10,11);1-2H3/t3?,4?,5?,6-;/m0./s1. The molecule has 0 radical (unpaired) electrons. The molecule has 0 aromatic rings. The van der Waals surface area contributed by atoms with E-state index in [0.29, 0.717) is 0 Å². The molecule has 0 aliphatic carbocycles. The van der Waals surface area contributed by atoms with Crippen LogP contribution in [0.1, 0.15) is 27.2 Å². The number of hydrogen-bond donors (Lipinski definition) is 3. The summed E-state index contributed by atoms with van der Waals surface area (Å²) in [5.74, 6) is -1.10. The Morgan fingerprint density at radius 3 is 2.21 bits per heavy atom. The number of aliphatic hydroxyl groups is 2. The molecule has 1 aliphatic heterocycles. The number of aliphatic hydroxyl groups excluding tert-OH is 2. The van der Waals surface area contributed by atoms with E-state index in [1.54, 1.807) is 0 Å². The van der Waals surface area contributed by atoms with Crippen molar-refractivity contribution in [2.45, 2.75) is 51.6 Å². The largest absolute Gasteiger partial charge is 0.479 e. The zero-order valence-electron chi connectivity index (χ0n) is 8.67. The number of carboxylic acids is 1. The lowest BCUT2D eigenvalue weighted by molar-refractivity contribution is -0.186. The molecule has 1 rings (SSSR count). The van der Waals surface area contributed by atoms with Crippen molar-refractivity contribution >= 4 is 5.97 Å². The van der Waals surface area contributed by atoms with Gasteiger partial charge in [-0.15, -0.1) is 0 Å². The smallest absolute Gasteiger partial charge is 0.332 e. The van der Waals surface area contributed by atoms with Gasteiger partial charge in [-0.2, -0.15) is 0 Å². The molecule has 1 heterocycles. The van der Waals surface area contributed by atoms with Gasteiger partial charge in [0.2, 0.25) is 0 Å². The van der Waals surface area contributed by atoms with E-state index in [9.17, 15) is 15.0 Å². The normalized spacial score (nSPS) is 36.9. The third-order valence-electron chi connectivity index (χ3n) is 1.99. The Hall–Kier alpha value is -0.650. The predicted octanol–water partition coefficient (Wildman–Crippen LogP) is -0.00360. The highest BCUT2D eigenvalue weighted by molar-refractivity contribution is 5.72. The molecule has 1 aliphatic rings. The van der Waals surface area contributed by atoms with E-state index in [0.717, 1.165) is 0 Å². The number of carboxylic acid groups (broad SMARTS) is 1. The Morgan fingerprint density at radius 2 is 1.86 bits per heavy atom. The zero-order valence-corrected chi connectivity index (χ0v) is 8.67. The Labute approximate surface area is 83.3 Å². The molecule has 84 valence electrons. The van der Waals surface area contributed by atoms with Crippen LogP contribution in [0.2, 0.25) is 0 Å². The van der Waals surface area contributed by atoms with Crippen molar-refractivity contribution in [2.24, 2.45) is 0 Å². The summed E-state index contributed by atoms with van der Waals surface area (Å²) in [6, 6.07) is 0. The number of rotatable bonds is 1. The van der Waals surface area contributed by atoms with Crippen LogP contribution in [-0.4, -0.2) is 45.7 Å². The summed E-state index contributed by atoms with van der Waals surface area (Å²) in [7, 11) is 0. The van der Waals surface area contributed by atoms with Crippen molar-refractivity contribution in [3.63, 3.8) is 0 Å². The van der Waals surface area contributed by atoms with Crippen molar-refractivity contribution in [3.8, 4) is 0 Å². The molecule has 0 aromatic carbocycles. The van der Waals surface area contributed by atoms with Gasteiger partial charge in [-0.1, -0.05) is 13.8 Å². The van der Waals surface area contributed by atoms with Gasteiger partial charge in [0.25, 0.3) is 0 Å². The van der Waals surface area contributed by atoms with Crippen LogP contribution in [0.15, 0.2) is 0 Å². The Balaban J connectivity index is 0.000000791. The second-order valence-electron chi connectivity index (χ2n) is 2.96. The van der Waals surface area contributed by atoms with E-state index < -0.39 is 30.4 Å². The summed E-state index contributed by atoms with van der Waals surface area (Å²) < 4.78 is 4.92. The summed E-state index contributed by atoms with van der Waals surface area (Å²) in [4.78, 5) is 10.4. The minimum atomic E-state index is -1.10. The summed E-state index contributed by atoms with van der Waals surface area (Å²) in [6.45, 7) is 5.53. The highest BCUT2D eigenvalue weighted by atomic mass is 16.5. The van der Waals surface area contributed by atoms with Gasteiger partial charge in [0.15, 0.2) is 6.10 Å². The van der Waals surface area contributed by atoms with E-state index in [1.807, 2.05) is 13.8 Å². The van der Waals surface area contributed by atoms with Crippen molar-refractivity contribution in [1.82, 2.24) is 0 Å². The third-order valence-corrected chi connectivity index (χ3v) is 1.99. The lowest BCUT2D eigenvalue weighted by Gasteiger charge is -2.33. The first-order valence-corrected chi connectivity index (χ1v) is 4.76. The maximum Gasteiger partial charge on any atom is 0.332 e. The number of ether oxygens (including phenoxy) is 1. The van der Waals surface area contributed by atoms with Gasteiger partial charge in [0.05, 0.1) is 12.2 Å². The molecule has 0 aromatic heterocycles. The van der Waals surface area contributed by atoms with Crippen molar-refractivity contribution in [1.29, 1.82) is 0 Å². The average molecular weight is 206 g/mol. The van der Waals surface area contributed by atoms with Crippen molar-refractivity contribution in [3.05, 3.63) is 0 Å². The van der Waals surface area contributed by atoms with E-state index in [4.69, 9.17) is 9.84 Å². The highest BCUT2D eigenvalue weighted by Crippen LogP contribution is 2.19. The van der Waals surface area contributed by atoms with E-state index in [1.165, 1.54) is 6.92 Å². The van der Waals surface area contributed by atoms with Gasteiger partial charge >= 0.3 is 5.97 Å². The van der Waals surface area contributed by atoms with Gasteiger partial charge < -0.3 is 20.1 Å². The van der Waals surface area contributed by atoms with Gasteiger partial charge in [-0.3, -0.25) is 0 Å². The van der Waals surface area contributed by atoms with Gasteiger partial charge in [-0.05, 0) is 6.92 Å². The quantitative estimate of drug-likeness (QED) is 0.562. The topological polar surface area (TPSA) is 87.0 Å². The maximum absolute atomic E-state index is 10.4. The molecule has 0 bridgehead atoms. The Bertz CT molecular complexity index is 170. The molecular weight excluding hydrogens is 188 g/mol. The van der Waals surface area contributed by atoms with Crippen LogP contribution in [-0.2, 0) is 9.53 Å². The summed E-state index contributed by atoms with van der Waals surface area (Å²) in [5.41, 5.74) is 0. The molecule has 14 heavy (non-hydrogen) atoms. The number of hydrogen-bond acceptors (Lipinski definition) is 4. The van der Waals surface area contributed by atoms with Crippen LogP contribution in [0.4, 0.5) is 0 Å². The van der Waals surface area contributed by atoms with E-state index in [-0.39, 0.29) is 6.42 Å². The Kier molecular flexibility index (Phi) is 5.68. The van der Waals surface area contributed by atoms with Crippen LogP contribution < -0.4 is 0 Å². The fraction of sp³-hybridized carbons (Fsp3) is 0.889. The van der Waals surface area contributed by atoms with Gasteiger partial charge in [0.1, 0.15) is 6.10 Å². The first kappa shape index (κ1) is 13.4. The minimum Gasteiger partial charge on any atom is -0.479 e. The monoisotopic (exact) mass is 206 g/mol. The third kappa shape index (κ3) is 3.25. The molecule has 5 heteroatoms. The van der Waals surface area contributed by atoms with Gasteiger partial charge in [0, 0.05) is 6.42 Å². The molecule has 0 saturated carbocycles. The lowest BCUT2D eigenvalue weighted by atomic mass is 9.99. The SMILES string of the molecule is CC.CC1OC(C(=O)O)CC(O)[C@H]1O. The predicted molar refractivity (Wildman–Crippen MR) is 49.9 cm³/mol. The molecule has 5 nitrogen and oxygen atoms in total. The molecule has 0 spiro atoms. The fourth-order valence-electron chi connectivity index (χ4n) is 1.23. The molecular formula is C9H18O5. The second-order valence-corrected chi connectivity index (χ2v) is 2.96. The first-order chi connectivity index (χ1) is 6.52. The van der Waals surface area contributed by atoms with Crippen molar-refractivity contribution < 1.29 is 24.9 Å². The number of carbonyl (C=O) groups is 1. The maximum atomic E-state index is 10.4. The van der Waals surface area contributed by atoms with Crippen LogP contribution >= 0.6 is 0 Å². The second kappa shape index (κ2) is 5.95. The van der Waals surface area contributed by atoms with Crippen LogP contribution in [0.5, 0.6) is 0 Å². The number of aliphatic carboxylic acids is 1. The molecule has 1 fully saturated rings.